The minimum absolute atomic E-state index is 0.0877. The summed E-state index contributed by atoms with van der Waals surface area (Å²) in [5.74, 6) is 1.49. The summed E-state index contributed by atoms with van der Waals surface area (Å²) in [6.07, 6.45) is 0. The van der Waals surface area contributed by atoms with Crippen LogP contribution in [0.1, 0.15) is 18.5 Å². The summed E-state index contributed by atoms with van der Waals surface area (Å²) in [5, 5.41) is 0. The Hall–Kier alpha value is -1.30. The van der Waals surface area contributed by atoms with Gasteiger partial charge in [0.1, 0.15) is 18.1 Å². The second kappa shape index (κ2) is 8.74. The summed E-state index contributed by atoms with van der Waals surface area (Å²) >= 11 is 0. The van der Waals surface area contributed by atoms with E-state index in [1.54, 1.807) is 14.2 Å². The van der Waals surface area contributed by atoms with E-state index in [0.29, 0.717) is 26.4 Å². The molecule has 0 spiro atoms. The fourth-order valence-electron chi connectivity index (χ4n) is 1.60. The van der Waals surface area contributed by atoms with Crippen molar-refractivity contribution in [2.75, 3.05) is 40.6 Å². The van der Waals surface area contributed by atoms with Crippen molar-refractivity contribution in [2.24, 2.45) is 5.73 Å². The van der Waals surface area contributed by atoms with Crippen molar-refractivity contribution in [3.05, 3.63) is 23.8 Å². The van der Waals surface area contributed by atoms with Gasteiger partial charge in [-0.05, 0) is 13.0 Å². The smallest absolute Gasteiger partial charge is 0.127 e. The summed E-state index contributed by atoms with van der Waals surface area (Å²) in [7, 11) is 3.27. The highest BCUT2D eigenvalue weighted by Crippen LogP contribution is 2.28. The predicted molar refractivity (Wildman–Crippen MR) is 73.8 cm³/mol. The lowest BCUT2D eigenvalue weighted by Gasteiger charge is -2.15. The standard InChI is InChI=1S/C14H23NO4/c1-11(15)13-5-4-12(17-3)10-14(13)19-9-8-18-7-6-16-2/h4-5,10-11H,6-9,15H2,1-3H3/t11-/m0/s1. The molecule has 5 heteroatoms. The summed E-state index contributed by atoms with van der Waals surface area (Å²) in [6, 6.07) is 5.55. The fraction of sp³-hybridized carbons (Fsp3) is 0.571. The average Bonchev–Trinajstić information content (AvgIpc) is 2.42. The first-order chi connectivity index (χ1) is 9.19. The topological polar surface area (TPSA) is 62.9 Å². The van der Waals surface area contributed by atoms with Gasteiger partial charge in [0.15, 0.2) is 0 Å². The van der Waals surface area contributed by atoms with Crippen LogP contribution in [0, 0.1) is 0 Å². The van der Waals surface area contributed by atoms with Crippen molar-refractivity contribution in [3.8, 4) is 11.5 Å². The molecule has 1 aromatic carbocycles. The molecular formula is C14H23NO4. The molecule has 0 heterocycles. The number of hydrogen-bond donors (Lipinski definition) is 1. The zero-order chi connectivity index (χ0) is 14.1. The third-order valence-electron chi connectivity index (χ3n) is 2.63. The molecule has 0 aliphatic heterocycles. The van der Waals surface area contributed by atoms with E-state index in [0.717, 1.165) is 17.1 Å². The molecule has 0 saturated heterocycles. The summed E-state index contributed by atoms with van der Waals surface area (Å²) in [6.45, 7) is 4.06. The zero-order valence-electron chi connectivity index (χ0n) is 11.8. The number of rotatable bonds is 9. The molecule has 1 aromatic rings. The van der Waals surface area contributed by atoms with Crippen LogP contribution in [-0.4, -0.2) is 40.6 Å². The van der Waals surface area contributed by atoms with E-state index in [4.69, 9.17) is 24.7 Å². The second-order valence-electron chi connectivity index (χ2n) is 4.15. The van der Waals surface area contributed by atoms with Gasteiger partial charge in [0.05, 0.1) is 26.9 Å². The molecule has 0 amide bonds. The molecule has 19 heavy (non-hydrogen) atoms. The van der Waals surface area contributed by atoms with Crippen LogP contribution < -0.4 is 15.2 Å². The van der Waals surface area contributed by atoms with Gasteiger partial charge in [-0.2, -0.15) is 0 Å². The molecule has 0 aliphatic carbocycles. The highest BCUT2D eigenvalue weighted by Gasteiger charge is 2.09. The van der Waals surface area contributed by atoms with Crippen LogP contribution >= 0.6 is 0 Å². The first-order valence-electron chi connectivity index (χ1n) is 6.32. The third kappa shape index (κ3) is 5.46. The van der Waals surface area contributed by atoms with Gasteiger partial charge in [-0.3, -0.25) is 0 Å². The van der Waals surface area contributed by atoms with Crippen molar-refractivity contribution >= 4 is 0 Å². The number of methoxy groups -OCH3 is 2. The lowest BCUT2D eigenvalue weighted by Crippen LogP contribution is -2.13. The summed E-state index contributed by atoms with van der Waals surface area (Å²) in [4.78, 5) is 0. The van der Waals surface area contributed by atoms with Crippen LogP contribution in [0.2, 0.25) is 0 Å². The largest absolute Gasteiger partial charge is 0.497 e. The Morgan fingerprint density at radius 1 is 1.11 bits per heavy atom. The number of ether oxygens (including phenoxy) is 4. The zero-order valence-corrected chi connectivity index (χ0v) is 11.8. The Balaban J connectivity index is 2.50. The van der Waals surface area contributed by atoms with E-state index in [-0.39, 0.29) is 6.04 Å². The second-order valence-corrected chi connectivity index (χ2v) is 4.15. The minimum atomic E-state index is -0.0877. The fourth-order valence-corrected chi connectivity index (χ4v) is 1.60. The SMILES string of the molecule is COCCOCCOc1cc(OC)ccc1[C@H](C)N. The van der Waals surface area contributed by atoms with Gasteiger partial charge in [-0.25, -0.2) is 0 Å². The Morgan fingerprint density at radius 3 is 2.47 bits per heavy atom. The van der Waals surface area contributed by atoms with E-state index in [9.17, 15) is 0 Å². The number of benzene rings is 1. The Bertz CT molecular complexity index is 368. The summed E-state index contributed by atoms with van der Waals surface area (Å²) in [5.41, 5.74) is 6.86. The first kappa shape index (κ1) is 15.8. The molecule has 0 bridgehead atoms. The molecule has 2 N–H and O–H groups in total. The van der Waals surface area contributed by atoms with E-state index in [1.165, 1.54) is 0 Å². The van der Waals surface area contributed by atoms with E-state index in [2.05, 4.69) is 0 Å². The quantitative estimate of drug-likeness (QED) is 0.692. The lowest BCUT2D eigenvalue weighted by molar-refractivity contribution is 0.0542. The van der Waals surface area contributed by atoms with Gasteiger partial charge in [-0.15, -0.1) is 0 Å². The summed E-state index contributed by atoms with van der Waals surface area (Å²) < 4.78 is 21.1. The van der Waals surface area contributed by atoms with Crippen molar-refractivity contribution in [2.45, 2.75) is 13.0 Å². The molecule has 5 nitrogen and oxygen atoms in total. The van der Waals surface area contributed by atoms with Gasteiger partial charge in [0.2, 0.25) is 0 Å². The molecule has 1 rings (SSSR count). The monoisotopic (exact) mass is 269 g/mol. The van der Waals surface area contributed by atoms with Crippen molar-refractivity contribution in [1.29, 1.82) is 0 Å². The van der Waals surface area contributed by atoms with Crippen LogP contribution in [0.25, 0.3) is 0 Å². The van der Waals surface area contributed by atoms with Gasteiger partial charge >= 0.3 is 0 Å². The van der Waals surface area contributed by atoms with Crippen molar-refractivity contribution < 1.29 is 18.9 Å². The van der Waals surface area contributed by atoms with Crippen LogP contribution in [-0.2, 0) is 9.47 Å². The maximum absolute atomic E-state index is 5.91. The highest BCUT2D eigenvalue weighted by molar-refractivity contribution is 5.42. The van der Waals surface area contributed by atoms with E-state index in [1.807, 2.05) is 25.1 Å². The first-order valence-corrected chi connectivity index (χ1v) is 6.32. The minimum Gasteiger partial charge on any atom is -0.497 e. The van der Waals surface area contributed by atoms with E-state index >= 15 is 0 Å². The Kier molecular flexibility index (Phi) is 7.25. The molecule has 0 unspecified atom stereocenters. The van der Waals surface area contributed by atoms with Crippen LogP contribution in [0.5, 0.6) is 11.5 Å². The van der Waals surface area contributed by atoms with Gasteiger partial charge in [-0.1, -0.05) is 6.07 Å². The molecule has 0 radical (unpaired) electrons. The number of nitrogens with two attached hydrogens (primary N) is 1. The van der Waals surface area contributed by atoms with Crippen LogP contribution in [0.3, 0.4) is 0 Å². The predicted octanol–water partition coefficient (Wildman–Crippen LogP) is 1.76. The van der Waals surface area contributed by atoms with E-state index < -0.39 is 0 Å². The van der Waals surface area contributed by atoms with Gasteiger partial charge in [0.25, 0.3) is 0 Å². The van der Waals surface area contributed by atoms with Crippen LogP contribution in [0.4, 0.5) is 0 Å². The average molecular weight is 269 g/mol. The van der Waals surface area contributed by atoms with Crippen molar-refractivity contribution in [3.63, 3.8) is 0 Å². The highest BCUT2D eigenvalue weighted by atomic mass is 16.5. The third-order valence-corrected chi connectivity index (χ3v) is 2.63. The molecule has 0 fully saturated rings. The maximum atomic E-state index is 5.91. The van der Waals surface area contributed by atoms with Gasteiger partial charge < -0.3 is 24.7 Å². The maximum Gasteiger partial charge on any atom is 0.127 e. The molecule has 0 aliphatic rings. The Labute approximate surface area is 114 Å². The lowest BCUT2D eigenvalue weighted by atomic mass is 10.1. The number of hydrogen-bond acceptors (Lipinski definition) is 5. The molecule has 1 atom stereocenters. The van der Waals surface area contributed by atoms with Crippen LogP contribution in [0.15, 0.2) is 18.2 Å². The molecular weight excluding hydrogens is 246 g/mol. The van der Waals surface area contributed by atoms with Gasteiger partial charge in [0, 0.05) is 24.8 Å². The molecule has 0 aromatic heterocycles. The normalized spacial score (nSPS) is 12.2. The molecule has 108 valence electrons. The van der Waals surface area contributed by atoms with Crippen molar-refractivity contribution in [1.82, 2.24) is 0 Å². The Morgan fingerprint density at radius 2 is 1.84 bits per heavy atom. The molecule has 0 saturated carbocycles.